The van der Waals surface area contributed by atoms with Crippen LogP contribution in [0.1, 0.15) is 17.0 Å². The van der Waals surface area contributed by atoms with Crippen LogP contribution in [0.3, 0.4) is 0 Å². The summed E-state index contributed by atoms with van der Waals surface area (Å²) in [6, 6.07) is 11.9. The lowest BCUT2D eigenvalue weighted by atomic mass is 10.1. The topological polar surface area (TPSA) is 75.6 Å². The van der Waals surface area contributed by atoms with Crippen LogP contribution < -0.4 is 5.32 Å². The second-order valence-corrected chi connectivity index (χ2v) is 6.18. The van der Waals surface area contributed by atoms with Crippen LogP contribution in [0.5, 0.6) is 0 Å². The van der Waals surface area contributed by atoms with Gasteiger partial charge in [-0.3, -0.25) is 9.36 Å². The van der Waals surface area contributed by atoms with Crippen molar-refractivity contribution in [3.05, 3.63) is 78.1 Å². The van der Waals surface area contributed by atoms with Gasteiger partial charge in [-0.05, 0) is 30.2 Å². The van der Waals surface area contributed by atoms with E-state index >= 15 is 0 Å². The summed E-state index contributed by atoms with van der Waals surface area (Å²) in [4.78, 5) is 24.1. The largest absolute Gasteiger partial charge is 0.361 e. The number of hydrogen-bond acceptors (Lipinski definition) is 3. The normalized spacial score (nSPS) is 11.0. The van der Waals surface area contributed by atoms with Gasteiger partial charge in [-0.1, -0.05) is 24.3 Å². The number of hydrogen-bond donors (Lipinski definition) is 2. The van der Waals surface area contributed by atoms with E-state index in [1.54, 1.807) is 12.4 Å². The summed E-state index contributed by atoms with van der Waals surface area (Å²) in [5.41, 5.74) is 3.01. The number of imidazole rings is 1. The first-order valence-electron chi connectivity index (χ1n) is 8.47. The Kier molecular flexibility index (Phi) is 4.23. The number of carbonyl (C=O) groups excluding carboxylic acids is 1. The molecule has 2 N–H and O–H groups in total. The lowest BCUT2D eigenvalue weighted by Gasteiger charge is -2.07. The molecule has 0 atom stereocenters. The van der Waals surface area contributed by atoms with Gasteiger partial charge in [-0.25, -0.2) is 9.97 Å². The molecule has 0 bridgehead atoms. The monoisotopic (exact) mass is 345 g/mol. The number of aromatic amines is 1. The standard InChI is InChI=1S/C20H19N5O/c1-14-21-8-9-25(14)19-7-6-15(11-23-19)12-24-20(26)10-16-13-22-18-5-3-2-4-17(16)18/h2-9,11,13,22H,10,12H2,1H3,(H,24,26). The van der Waals surface area contributed by atoms with E-state index < -0.39 is 0 Å². The SMILES string of the molecule is Cc1nccn1-c1ccc(CNC(=O)Cc2c[nH]c3ccccc23)cn1. The van der Waals surface area contributed by atoms with E-state index in [2.05, 4.69) is 20.3 Å². The Labute approximate surface area is 150 Å². The first-order valence-corrected chi connectivity index (χ1v) is 8.47. The highest BCUT2D eigenvalue weighted by atomic mass is 16.1. The minimum atomic E-state index is -0.00992. The number of nitrogens with one attached hydrogen (secondary N) is 2. The van der Waals surface area contributed by atoms with E-state index in [1.807, 2.05) is 60.3 Å². The van der Waals surface area contributed by atoms with E-state index in [-0.39, 0.29) is 5.91 Å². The molecule has 0 unspecified atom stereocenters. The first kappa shape index (κ1) is 16.1. The first-order chi connectivity index (χ1) is 12.7. The fourth-order valence-corrected chi connectivity index (χ4v) is 3.00. The highest BCUT2D eigenvalue weighted by molar-refractivity contribution is 5.88. The predicted octanol–water partition coefficient (Wildman–Crippen LogP) is 2.92. The van der Waals surface area contributed by atoms with Gasteiger partial charge in [0.15, 0.2) is 0 Å². The molecule has 0 aliphatic rings. The summed E-state index contributed by atoms with van der Waals surface area (Å²) in [6.45, 7) is 2.39. The average Bonchev–Trinajstić information content (AvgIpc) is 3.27. The third kappa shape index (κ3) is 3.21. The lowest BCUT2D eigenvalue weighted by Crippen LogP contribution is -2.24. The Morgan fingerprint density at radius 1 is 1.19 bits per heavy atom. The van der Waals surface area contributed by atoms with Crippen LogP contribution in [0.25, 0.3) is 16.7 Å². The van der Waals surface area contributed by atoms with E-state index in [4.69, 9.17) is 0 Å². The Balaban J connectivity index is 1.38. The van der Waals surface area contributed by atoms with Crippen molar-refractivity contribution in [2.45, 2.75) is 19.9 Å². The molecule has 0 saturated heterocycles. The molecule has 0 fully saturated rings. The Bertz CT molecular complexity index is 1050. The molecule has 0 aliphatic heterocycles. The van der Waals surface area contributed by atoms with Crippen molar-refractivity contribution < 1.29 is 4.79 Å². The highest BCUT2D eigenvalue weighted by Crippen LogP contribution is 2.18. The van der Waals surface area contributed by atoms with Crippen molar-refractivity contribution in [2.75, 3.05) is 0 Å². The number of carbonyl (C=O) groups is 1. The van der Waals surface area contributed by atoms with Crippen molar-refractivity contribution in [1.29, 1.82) is 0 Å². The third-order valence-corrected chi connectivity index (χ3v) is 4.40. The lowest BCUT2D eigenvalue weighted by molar-refractivity contribution is -0.120. The zero-order valence-electron chi connectivity index (χ0n) is 14.4. The molecule has 26 heavy (non-hydrogen) atoms. The van der Waals surface area contributed by atoms with Crippen molar-refractivity contribution >= 4 is 16.8 Å². The summed E-state index contributed by atoms with van der Waals surface area (Å²) in [7, 11) is 0. The zero-order chi connectivity index (χ0) is 17.9. The van der Waals surface area contributed by atoms with Gasteiger partial charge in [0, 0.05) is 42.2 Å². The number of H-pyrrole nitrogens is 1. The third-order valence-electron chi connectivity index (χ3n) is 4.40. The van der Waals surface area contributed by atoms with Crippen LogP contribution in [0, 0.1) is 6.92 Å². The van der Waals surface area contributed by atoms with E-state index in [0.717, 1.165) is 33.7 Å². The number of rotatable bonds is 5. The van der Waals surface area contributed by atoms with E-state index in [1.165, 1.54) is 0 Å². The maximum Gasteiger partial charge on any atom is 0.224 e. The summed E-state index contributed by atoms with van der Waals surface area (Å²) < 4.78 is 1.92. The molecule has 1 amide bonds. The van der Waals surface area contributed by atoms with Crippen molar-refractivity contribution in [2.24, 2.45) is 0 Å². The van der Waals surface area contributed by atoms with Crippen LogP contribution in [0.4, 0.5) is 0 Å². The summed E-state index contributed by atoms with van der Waals surface area (Å²) in [6.07, 6.45) is 7.65. The van der Waals surface area contributed by atoms with Gasteiger partial charge in [-0.15, -0.1) is 0 Å². The maximum atomic E-state index is 12.3. The van der Waals surface area contributed by atoms with Gasteiger partial charge >= 0.3 is 0 Å². The number of fused-ring (bicyclic) bond motifs is 1. The number of pyridine rings is 1. The van der Waals surface area contributed by atoms with Gasteiger partial charge < -0.3 is 10.3 Å². The molecule has 0 aliphatic carbocycles. The van der Waals surface area contributed by atoms with Crippen molar-refractivity contribution in [1.82, 2.24) is 24.8 Å². The molecule has 3 aromatic heterocycles. The number of amides is 1. The average molecular weight is 345 g/mol. The molecular formula is C20H19N5O. The van der Waals surface area contributed by atoms with Crippen molar-refractivity contribution in [3.8, 4) is 5.82 Å². The van der Waals surface area contributed by atoms with Crippen LogP contribution >= 0.6 is 0 Å². The van der Waals surface area contributed by atoms with Crippen LogP contribution in [0.2, 0.25) is 0 Å². The number of aromatic nitrogens is 4. The molecule has 3 heterocycles. The molecule has 6 heteroatoms. The van der Waals surface area contributed by atoms with Crippen molar-refractivity contribution in [3.63, 3.8) is 0 Å². The Morgan fingerprint density at radius 2 is 2.08 bits per heavy atom. The fraction of sp³-hybridized carbons (Fsp3) is 0.150. The summed E-state index contributed by atoms with van der Waals surface area (Å²) in [5.74, 6) is 1.69. The number of para-hydroxylation sites is 1. The van der Waals surface area contributed by atoms with Crippen LogP contribution in [-0.2, 0) is 17.8 Å². The molecular weight excluding hydrogens is 326 g/mol. The minimum absolute atomic E-state index is 0.00992. The predicted molar refractivity (Wildman–Crippen MR) is 99.9 cm³/mol. The molecule has 130 valence electrons. The smallest absolute Gasteiger partial charge is 0.224 e. The minimum Gasteiger partial charge on any atom is -0.361 e. The zero-order valence-corrected chi connectivity index (χ0v) is 14.4. The molecule has 6 nitrogen and oxygen atoms in total. The molecule has 4 rings (SSSR count). The van der Waals surface area contributed by atoms with Gasteiger partial charge in [-0.2, -0.15) is 0 Å². The number of nitrogens with zero attached hydrogens (tertiary/aromatic N) is 3. The summed E-state index contributed by atoms with van der Waals surface area (Å²) >= 11 is 0. The second kappa shape index (κ2) is 6.84. The highest BCUT2D eigenvalue weighted by Gasteiger charge is 2.09. The Morgan fingerprint density at radius 3 is 2.85 bits per heavy atom. The van der Waals surface area contributed by atoms with E-state index in [9.17, 15) is 4.79 Å². The summed E-state index contributed by atoms with van der Waals surface area (Å²) in [5, 5.41) is 4.04. The fourth-order valence-electron chi connectivity index (χ4n) is 3.00. The molecule has 0 radical (unpaired) electrons. The van der Waals surface area contributed by atoms with Gasteiger partial charge in [0.1, 0.15) is 11.6 Å². The van der Waals surface area contributed by atoms with Gasteiger partial charge in [0.25, 0.3) is 0 Å². The second-order valence-electron chi connectivity index (χ2n) is 6.18. The van der Waals surface area contributed by atoms with Crippen LogP contribution in [-0.4, -0.2) is 25.4 Å². The van der Waals surface area contributed by atoms with E-state index in [0.29, 0.717) is 13.0 Å². The molecule has 1 aromatic carbocycles. The Hall–Kier alpha value is -3.41. The number of aryl methyl sites for hydroxylation is 1. The maximum absolute atomic E-state index is 12.3. The van der Waals surface area contributed by atoms with Gasteiger partial charge in [0.2, 0.25) is 5.91 Å². The molecule has 0 saturated carbocycles. The molecule has 4 aromatic rings. The quantitative estimate of drug-likeness (QED) is 0.584. The molecule has 0 spiro atoms. The van der Waals surface area contributed by atoms with Crippen LogP contribution in [0.15, 0.2) is 61.2 Å². The number of benzene rings is 1. The van der Waals surface area contributed by atoms with Gasteiger partial charge in [0.05, 0.1) is 6.42 Å².